The van der Waals surface area contributed by atoms with E-state index in [4.69, 9.17) is 14.3 Å². The SMILES string of the molecule is CCCc1cc(=O)oc2cc(OCCCO)ccc12. The molecule has 2 rings (SSSR count). The number of aryl methyl sites for hydroxylation is 1. The van der Waals surface area contributed by atoms with Crippen molar-refractivity contribution in [1.29, 1.82) is 0 Å². The molecule has 0 atom stereocenters. The van der Waals surface area contributed by atoms with Crippen LogP contribution in [-0.2, 0) is 6.42 Å². The van der Waals surface area contributed by atoms with Gasteiger partial charge < -0.3 is 14.3 Å². The Kier molecular flexibility index (Phi) is 4.58. The predicted molar refractivity (Wildman–Crippen MR) is 73.7 cm³/mol. The van der Waals surface area contributed by atoms with Gasteiger partial charge in [0, 0.05) is 30.5 Å². The van der Waals surface area contributed by atoms with Crippen LogP contribution in [0.4, 0.5) is 0 Å². The van der Waals surface area contributed by atoms with Gasteiger partial charge in [0.15, 0.2) is 0 Å². The summed E-state index contributed by atoms with van der Waals surface area (Å²) >= 11 is 0. The number of fused-ring (bicyclic) bond motifs is 1. The second-order valence-corrected chi connectivity index (χ2v) is 4.42. The standard InChI is InChI=1S/C15H18O4/c1-2-4-11-9-15(17)19-14-10-12(5-6-13(11)14)18-8-3-7-16/h5-6,9-10,16H,2-4,7-8H2,1H3. The van der Waals surface area contributed by atoms with Crippen LogP contribution in [0.2, 0.25) is 0 Å². The van der Waals surface area contributed by atoms with E-state index in [9.17, 15) is 4.79 Å². The maximum Gasteiger partial charge on any atom is 0.336 e. The van der Waals surface area contributed by atoms with E-state index in [0.29, 0.717) is 24.4 Å². The molecule has 4 heteroatoms. The van der Waals surface area contributed by atoms with Crippen molar-refractivity contribution in [2.75, 3.05) is 13.2 Å². The number of hydrogen-bond acceptors (Lipinski definition) is 4. The summed E-state index contributed by atoms with van der Waals surface area (Å²) in [4.78, 5) is 11.5. The molecule has 1 aromatic heterocycles. The maximum absolute atomic E-state index is 11.5. The third-order valence-electron chi connectivity index (χ3n) is 2.89. The fourth-order valence-corrected chi connectivity index (χ4v) is 2.03. The van der Waals surface area contributed by atoms with E-state index in [1.807, 2.05) is 12.1 Å². The zero-order valence-corrected chi connectivity index (χ0v) is 11.0. The normalized spacial score (nSPS) is 10.8. The summed E-state index contributed by atoms with van der Waals surface area (Å²) in [5, 5.41) is 9.66. The molecule has 0 aliphatic carbocycles. The van der Waals surface area contributed by atoms with Gasteiger partial charge in [-0.3, -0.25) is 0 Å². The van der Waals surface area contributed by atoms with Crippen molar-refractivity contribution in [2.24, 2.45) is 0 Å². The maximum atomic E-state index is 11.5. The van der Waals surface area contributed by atoms with Gasteiger partial charge in [-0.1, -0.05) is 13.3 Å². The van der Waals surface area contributed by atoms with Gasteiger partial charge in [0.05, 0.1) is 6.61 Å². The number of aliphatic hydroxyl groups excluding tert-OH is 1. The van der Waals surface area contributed by atoms with Gasteiger partial charge in [-0.15, -0.1) is 0 Å². The Morgan fingerprint density at radius 3 is 2.89 bits per heavy atom. The minimum absolute atomic E-state index is 0.101. The topological polar surface area (TPSA) is 59.7 Å². The van der Waals surface area contributed by atoms with Crippen LogP contribution in [0.5, 0.6) is 5.75 Å². The molecule has 0 aliphatic rings. The fourth-order valence-electron chi connectivity index (χ4n) is 2.03. The number of ether oxygens (including phenoxy) is 1. The molecule has 0 fully saturated rings. The number of rotatable bonds is 6. The van der Waals surface area contributed by atoms with Crippen LogP contribution in [0.25, 0.3) is 11.0 Å². The Morgan fingerprint density at radius 2 is 2.16 bits per heavy atom. The van der Waals surface area contributed by atoms with Crippen LogP contribution >= 0.6 is 0 Å². The number of benzene rings is 1. The summed E-state index contributed by atoms with van der Waals surface area (Å²) in [7, 11) is 0. The highest BCUT2D eigenvalue weighted by Gasteiger charge is 2.06. The molecule has 1 heterocycles. The minimum Gasteiger partial charge on any atom is -0.493 e. The van der Waals surface area contributed by atoms with Gasteiger partial charge in [0.1, 0.15) is 11.3 Å². The van der Waals surface area contributed by atoms with Crippen molar-refractivity contribution in [3.63, 3.8) is 0 Å². The van der Waals surface area contributed by atoms with E-state index in [-0.39, 0.29) is 12.2 Å². The third kappa shape index (κ3) is 3.35. The van der Waals surface area contributed by atoms with Crippen molar-refractivity contribution in [2.45, 2.75) is 26.2 Å². The van der Waals surface area contributed by atoms with Gasteiger partial charge in [-0.2, -0.15) is 0 Å². The van der Waals surface area contributed by atoms with Gasteiger partial charge in [0.2, 0.25) is 0 Å². The van der Waals surface area contributed by atoms with E-state index in [0.717, 1.165) is 23.8 Å². The zero-order valence-electron chi connectivity index (χ0n) is 11.0. The molecule has 19 heavy (non-hydrogen) atoms. The predicted octanol–water partition coefficient (Wildman–Crippen LogP) is 2.51. The van der Waals surface area contributed by atoms with Crippen molar-refractivity contribution in [3.05, 3.63) is 40.2 Å². The van der Waals surface area contributed by atoms with Crippen LogP contribution < -0.4 is 10.4 Å². The molecule has 0 radical (unpaired) electrons. The third-order valence-corrected chi connectivity index (χ3v) is 2.89. The van der Waals surface area contributed by atoms with Crippen LogP contribution in [-0.4, -0.2) is 18.3 Å². The average molecular weight is 262 g/mol. The number of hydrogen-bond donors (Lipinski definition) is 1. The van der Waals surface area contributed by atoms with Crippen LogP contribution in [0, 0.1) is 0 Å². The molecule has 0 saturated carbocycles. The first kappa shape index (κ1) is 13.6. The molecular formula is C15H18O4. The van der Waals surface area contributed by atoms with E-state index in [2.05, 4.69) is 6.92 Å². The van der Waals surface area contributed by atoms with Crippen molar-refractivity contribution < 1.29 is 14.3 Å². The van der Waals surface area contributed by atoms with E-state index >= 15 is 0 Å². The molecule has 102 valence electrons. The molecule has 0 aliphatic heterocycles. The van der Waals surface area contributed by atoms with E-state index in [1.165, 1.54) is 0 Å². The lowest BCUT2D eigenvalue weighted by atomic mass is 10.1. The summed E-state index contributed by atoms with van der Waals surface area (Å²) in [6, 6.07) is 7.06. The summed E-state index contributed by atoms with van der Waals surface area (Å²) in [5.74, 6) is 0.651. The van der Waals surface area contributed by atoms with Gasteiger partial charge in [-0.05, 0) is 24.1 Å². The summed E-state index contributed by atoms with van der Waals surface area (Å²) in [6.45, 7) is 2.62. The van der Waals surface area contributed by atoms with Gasteiger partial charge in [-0.25, -0.2) is 4.79 Å². The van der Waals surface area contributed by atoms with Crippen LogP contribution in [0.15, 0.2) is 33.5 Å². The summed E-state index contributed by atoms with van der Waals surface area (Å²) < 4.78 is 10.7. The Balaban J connectivity index is 2.34. The highest BCUT2D eigenvalue weighted by Crippen LogP contribution is 2.23. The molecule has 0 saturated heterocycles. The van der Waals surface area contributed by atoms with Crippen molar-refractivity contribution in [3.8, 4) is 5.75 Å². The first-order valence-electron chi connectivity index (χ1n) is 6.55. The quantitative estimate of drug-likeness (QED) is 0.642. The first-order valence-corrected chi connectivity index (χ1v) is 6.55. The minimum atomic E-state index is -0.330. The van der Waals surface area contributed by atoms with Crippen LogP contribution in [0.3, 0.4) is 0 Å². The summed E-state index contributed by atoms with van der Waals surface area (Å²) in [5.41, 5.74) is 1.23. The largest absolute Gasteiger partial charge is 0.493 e. The lowest BCUT2D eigenvalue weighted by Gasteiger charge is -2.08. The zero-order chi connectivity index (χ0) is 13.7. The van der Waals surface area contributed by atoms with E-state index < -0.39 is 0 Å². The molecule has 1 N–H and O–H groups in total. The Morgan fingerprint density at radius 1 is 1.32 bits per heavy atom. The molecular weight excluding hydrogens is 244 g/mol. The molecule has 0 unspecified atom stereocenters. The monoisotopic (exact) mass is 262 g/mol. The molecule has 0 amide bonds. The lowest BCUT2D eigenvalue weighted by Crippen LogP contribution is -2.02. The molecule has 0 bridgehead atoms. The molecule has 1 aromatic carbocycles. The Bertz CT molecular complexity index is 601. The summed E-state index contributed by atoms with van der Waals surface area (Å²) in [6.07, 6.45) is 2.41. The molecule has 2 aromatic rings. The van der Waals surface area contributed by atoms with E-state index in [1.54, 1.807) is 12.1 Å². The smallest absolute Gasteiger partial charge is 0.336 e. The average Bonchev–Trinajstić information content (AvgIpc) is 2.39. The first-order chi connectivity index (χ1) is 9.24. The van der Waals surface area contributed by atoms with Crippen molar-refractivity contribution in [1.82, 2.24) is 0 Å². The highest BCUT2D eigenvalue weighted by atomic mass is 16.5. The second-order valence-electron chi connectivity index (χ2n) is 4.42. The van der Waals surface area contributed by atoms with Crippen molar-refractivity contribution >= 4 is 11.0 Å². The fraction of sp³-hybridized carbons (Fsp3) is 0.400. The van der Waals surface area contributed by atoms with Gasteiger partial charge in [0.25, 0.3) is 0 Å². The Labute approximate surface area is 111 Å². The highest BCUT2D eigenvalue weighted by molar-refractivity contribution is 5.81. The number of aliphatic hydroxyl groups is 1. The second kappa shape index (κ2) is 6.38. The molecule has 0 spiro atoms. The van der Waals surface area contributed by atoms with Gasteiger partial charge >= 0.3 is 5.63 Å². The lowest BCUT2D eigenvalue weighted by molar-refractivity contribution is 0.233. The Hall–Kier alpha value is -1.81. The van der Waals surface area contributed by atoms with Crippen LogP contribution in [0.1, 0.15) is 25.3 Å². The molecule has 4 nitrogen and oxygen atoms in total.